The zero-order chi connectivity index (χ0) is 29.5. The van der Waals surface area contributed by atoms with Crippen molar-refractivity contribution in [2.45, 2.75) is 37.9 Å². The summed E-state index contributed by atoms with van der Waals surface area (Å²) in [6.07, 6.45) is 3.54. The van der Waals surface area contributed by atoms with Crippen molar-refractivity contribution in [1.82, 2.24) is 25.8 Å². The van der Waals surface area contributed by atoms with Crippen molar-refractivity contribution in [3.05, 3.63) is 65.0 Å². The summed E-state index contributed by atoms with van der Waals surface area (Å²) in [7, 11) is 2.49. The van der Waals surface area contributed by atoms with Gasteiger partial charge >= 0.3 is 18.0 Å². The molecule has 1 fully saturated rings. The van der Waals surface area contributed by atoms with Crippen LogP contribution in [0.4, 0.5) is 18.4 Å². The molecule has 220 valence electrons. The monoisotopic (exact) mass is 572 g/mol. The van der Waals surface area contributed by atoms with Crippen LogP contribution in [-0.4, -0.2) is 80.1 Å². The molecule has 0 bridgehead atoms. The summed E-state index contributed by atoms with van der Waals surface area (Å²) in [5, 5.41) is 9.57. The molecule has 4 atom stereocenters. The van der Waals surface area contributed by atoms with Gasteiger partial charge in [-0.15, -0.1) is 0 Å². The minimum Gasteiger partial charge on any atom is -0.468 e. The molecule has 3 N–H and O–H groups in total. The molecular weight excluding hydrogens is 538 g/mol. The van der Waals surface area contributed by atoms with Gasteiger partial charge in [0.25, 0.3) is 0 Å². The normalized spacial score (nSPS) is 22.7. The van der Waals surface area contributed by atoms with Gasteiger partial charge < -0.3 is 25.4 Å². The number of amides is 4. The van der Waals surface area contributed by atoms with E-state index in [1.165, 1.54) is 13.2 Å². The predicted molar refractivity (Wildman–Crippen MR) is 145 cm³/mol. The Kier molecular flexibility index (Phi) is 10.1. The lowest BCUT2D eigenvalue weighted by Gasteiger charge is -2.37. The zero-order valence-corrected chi connectivity index (χ0v) is 23.2. The Morgan fingerprint density at radius 1 is 1.15 bits per heavy atom. The molecule has 2 aromatic rings. The number of methoxy groups -OCH3 is 2. The highest BCUT2D eigenvalue weighted by Gasteiger charge is 2.47. The van der Waals surface area contributed by atoms with Gasteiger partial charge in [-0.2, -0.15) is 4.99 Å². The highest BCUT2D eigenvalue weighted by molar-refractivity contribution is 6.12. The number of esters is 1. The molecule has 2 aliphatic rings. The standard InChI is InChI=1S/C28H34F2N6O5/c1-16-4-7-21(34-14-16)22-13-18(8-9-32-22)31-10-11-33-27(38)36-25(17-5-6-19(29)20(30)12-17)24(26(37)41-3)23(15-40-2)35-28(36)39/h4-7,12,14,18,22,24-25,31-32H,8-11,13,15H2,1-3H3,(H,33,38)/t18?,22?,24?,25-/m0/s1. The van der Waals surface area contributed by atoms with Gasteiger partial charge in [-0.25, -0.2) is 23.3 Å². The summed E-state index contributed by atoms with van der Waals surface area (Å²) in [5.41, 5.74) is 2.09. The topological polar surface area (TPSA) is 134 Å². The van der Waals surface area contributed by atoms with Crippen LogP contribution >= 0.6 is 0 Å². The quantitative estimate of drug-likeness (QED) is 0.309. The third-order valence-corrected chi connectivity index (χ3v) is 7.18. The predicted octanol–water partition coefficient (Wildman–Crippen LogP) is 2.81. The number of pyridine rings is 1. The van der Waals surface area contributed by atoms with Gasteiger partial charge in [0.05, 0.1) is 37.2 Å². The molecule has 4 amide bonds. The van der Waals surface area contributed by atoms with E-state index in [9.17, 15) is 23.2 Å². The number of carbonyl (C=O) groups excluding carboxylic acids is 3. The van der Waals surface area contributed by atoms with Crippen molar-refractivity contribution >= 4 is 23.7 Å². The largest absolute Gasteiger partial charge is 0.468 e. The van der Waals surface area contributed by atoms with Crippen molar-refractivity contribution in [1.29, 1.82) is 0 Å². The van der Waals surface area contributed by atoms with Crippen LogP contribution in [0.2, 0.25) is 0 Å². The summed E-state index contributed by atoms with van der Waals surface area (Å²) >= 11 is 0. The fourth-order valence-electron chi connectivity index (χ4n) is 5.15. The van der Waals surface area contributed by atoms with Gasteiger partial charge in [-0.1, -0.05) is 12.1 Å². The fraction of sp³-hybridized carbons (Fsp3) is 0.464. The molecule has 41 heavy (non-hydrogen) atoms. The summed E-state index contributed by atoms with van der Waals surface area (Å²) in [6.45, 7) is 3.14. The van der Waals surface area contributed by atoms with Crippen LogP contribution in [-0.2, 0) is 14.3 Å². The van der Waals surface area contributed by atoms with E-state index in [-0.39, 0.29) is 36.5 Å². The number of benzene rings is 1. The number of hydrogen-bond acceptors (Lipinski definition) is 8. The van der Waals surface area contributed by atoms with Gasteiger partial charge in [-0.3, -0.25) is 9.78 Å². The van der Waals surface area contributed by atoms with E-state index >= 15 is 0 Å². The summed E-state index contributed by atoms with van der Waals surface area (Å²) in [6, 6.07) is 4.09. The second-order valence-corrected chi connectivity index (χ2v) is 9.98. The molecule has 0 spiro atoms. The number of aryl methyl sites for hydroxylation is 1. The number of imide groups is 1. The van der Waals surface area contributed by atoms with Gasteiger partial charge in [0.1, 0.15) is 5.92 Å². The maximum atomic E-state index is 14.2. The van der Waals surface area contributed by atoms with E-state index < -0.39 is 41.6 Å². The fourth-order valence-corrected chi connectivity index (χ4v) is 5.15. The lowest BCUT2D eigenvalue weighted by molar-refractivity contribution is -0.144. The summed E-state index contributed by atoms with van der Waals surface area (Å²) in [4.78, 5) is 48.4. The Labute approximate surface area is 236 Å². The Hall–Kier alpha value is -3.81. The second-order valence-electron chi connectivity index (χ2n) is 9.98. The van der Waals surface area contributed by atoms with Crippen molar-refractivity contribution in [2.75, 3.05) is 40.5 Å². The smallest absolute Gasteiger partial charge is 0.352 e. The lowest BCUT2D eigenvalue weighted by Crippen LogP contribution is -2.54. The van der Waals surface area contributed by atoms with Crippen LogP contribution in [0.15, 0.2) is 41.5 Å². The van der Waals surface area contributed by atoms with Gasteiger partial charge in [0.2, 0.25) is 0 Å². The van der Waals surface area contributed by atoms with Crippen LogP contribution < -0.4 is 16.0 Å². The van der Waals surface area contributed by atoms with E-state index in [0.717, 1.165) is 54.8 Å². The third kappa shape index (κ3) is 7.10. The number of rotatable bonds is 9. The van der Waals surface area contributed by atoms with E-state index in [4.69, 9.17) is 9.47 Å². The minimum atomic E-state index is -1.34. The maximum absolute atomic E-state index is 14.2. The van der Waals surface area contributed by atoms with Gasteiger partial charge in [-0.05, 0) is 55.6 Å². The molecule has 3 unspecified atom stereocenters. The molecule has 0 radical (unpaired) electrons. The Morgan fingerprint density at radius 3 is 2.63 bits per heavy atom. The van der Waals surface area contributed by atoms with E-state index in [1.54, 1.807) is 0 Å². The molecule has 0 aliphatic carbocycles. The van der Waals surface area contributed by atoms with Crippen molar-refractivity contribution < 1.29 is 32.6 Å². The first-order valence-corrected chi connectivity index (χ1v) is 13.3. The molecule has 13 heteroatoms. The van der Waals surface area contributed by atoms with Crippen LogP contribution in [0.1, 0.15) is 41.7 Å². The van der Waals surface area contributed by atoms with Crippen molar-refractivity contribution in [3.63, 3.8) is 0 Å². The number of aliphatic imine (C=N–C) groups is 1. The average molecular weight is 573 g/mol. The molecule has 1 aromatic heterocycles. The number of aromatic nitrogens is 1. The maximum Gasteiger partial charge on any atom is 0.352 e. The molecule has 2 aliphatic heterocycles. The first-order chi connectivity index (χ1) is 19.7. The number of urea groups is 2. The molecule has 4 rings (SSSR count). The zero-order valence-electron chi connectivity index (χ0n) is 23.2. The first kappa shape index (κ1) is 30.2. The average Bonchev–Trinajstić information content (AvgIpc) is 2.96. The number of piperidine rings is 1. The SMILES string of the molecule is COCC1=NC(=O)N(C(=O)NCCNC2CCNC(c3ccc(C)cn3)C2)[C@@H](c2ccc(F)c(F)c2)C1C(=O)OC. The molecule has 11 nitrogen and oxygen atoms in total. The van der Waals surface area contributed by atoms with Gasteiger partial charge in [0, 0.05) is 32.4 Å². The van der Waals surface area contributed by atoms with E-state index in [1.807, 2.05) is 25.3 Å². The minimum absolute atomic E-state index is 0.00771. The Morgan fingerprint density at radius 2 is 1.95 bits per heavy atom. The number of hydrogen-bond donors (Lipinski definition) is 3. The van der Waals surface area contributed by atoms with Crippen LogP contribution in [0.5, 0.6) is 0 Å². The summed E-state index contributed by atoms with van der Waals surface area (Å²) < 4.78 is 38.0. The number of halogens is 2. The third-order valence-electron chi connectivity index (χ3n) is 7.18. The first-order valence-electron chi connectivity index (χ1n) is 13.3. The van der Waals surface area contributed by atoms with Gasteiger partial charge in [0.15, 0.2) is 11.6 Å². The lowest BCUT2D eigenvalue weighted by atomic mass is 9.86. The van der Waals surface area contributed by atoms with E-state index in [0.29, 0.717) is 6.54 Å². The molecule has 0 saturated carbocycles. The highest BCUT2D eigenvalue weighted by Crippen LogP contribution is 2.36. The molecule has 3 heterocycles. The molecule has 1 saturated heterocycles. The van der Waals surface area contributed by atoms with E-state index in [2.05, 4.69) is 25.9 Å². The number of nitrogens with one attached hydrogen (secondary N) is 3. The van der Waals surface area contributed by atoms with Crippen LogP contribution in [0.3, 0.4) is 0 Å². The molecular formula is C28H34F2N6O5. The highest BCUT2D eigenvalue weighted by atomic mass is 19.2. The van der Waals surface area contributed by atoms with Crippen LogP contribution in [0.25, 0.3) is 0 Å². The second kappa shape index (κ2) is 13.7. The number of ether oxygens (including phenoxy) is 2. The Bertz CT molecular complexity index is 1290. The molecule has 1 aromatic carbocycles. The Balaban J connectivity index is 1.45. The van der Waals surface area contributed by atoms with Crippen molar-refractivity contribution in [3.8, 4) is 0 Å². The summed E-state index contributed by atoms with van der Waals surface area (Å²) in [5.74, 6) is -4.41. The number of carbonyl (C=O) groups is 3. The van der Waals surface area contributed by atoms with Crippen LogP contribution in [0, 0.1) is 24.5 Å². The van der Waals surface area contributed by atoms with Crippen molar-refractivity contribution in [2.24, 2.45) is 10.9 Å². The number of nitrogens with zero attached hydrogens (tertiary/aromatic N) is 3.